The maximum Gasteiger partial charge on any atom is 0.0894 e. The van der Waals surface area contributed by atoms with Crippen molar-refractivity contribution in [2.75, 3.05) is 5.33 Å². The molecular weight excluding hydrogens is 314 g/mol. The van der Waals surface area contributed by atoms with Crippen LogP contribution in [-0.4, -0.2) is 15.4 Å². The number of benzene rings is 2. The van der Waals surface area contributed by atoms with Gasteiger partial charge < -0.3 is 5.11 Å². The molecule has 3 rings (SSSR count). The van der Waals surface area contributed by atoms with E-state index in [-0.39, 0.29) is 0 Å². The number of nitrogens with zero attached hydrogens (tertiary/aromatic N) is 1. The molecule has 1 heterocycles. The van der Waals surface area contributed by atoms with Crippen molar-refractivity contribution in [3.05, 3.63) is 66.2 Å². The van der Waals surface area contributed by atoms with Crippen molar-refractivity contribution >= 4 is 26.8 Å². The van der Waals surface area contributed by atoms with Gasteiger partial charge in [0.1, 0.15) is 0 Å². The molecule has 0 spiro atoms. The normalized spacial score (nSPS) is 12.5. The first-order valence-corrected chi connectivity index (χ1v) is 7.61. The van der Waals surface area contributed by atoms with Crippen molar-refractivity contribution in [3.8, 4) is 11.3 Å². The summed E-state index contributed by atoms with van der Waals surface area (Å²) in [5, 5.41) is 11.7. The van der Waals surface area contributed by atoms with Gasteiger partial charge in [-0.05, 0) is 17.7 Å². The summed E-state index contributed by atoms with van der Waals surface area (Å²) in [5.74, 6) is 0. The number of pyridine rings is 1. The van der Waals surface area contributed by atoms with Crippen molar-refractivity contribution in [3.63, 3.8) is 0 Å². The molecule has 2 nitrogen and oxygen atoms in total. The Morgan fingerprint density at radius 3 is 2.45 bits per heavy atom. The van der Waals surface area contributed by atoms with Crippen molar-refractivity contribution < 1.29 is 5.11 Å². The average Bonchev–Trinajstić information content (AvgIpc) is 2.54. The molecule has 0 amide bonds. The van der Waals surface area contributed by atoms with Crippen LogP contribution in [-0.2, 0) is 0 Å². The number of aromatic nitrogens is 1. The van der Waals surface area contributed by atoms with Crippen LogP contribution in [0.15, 0.2) is 60.7 Å². The maximum atomic E-state index is 10.2. The third-order valence-corrected chi connectivity index (χ3v) is 3.94. The lowest BCUT2D eigenvalue weighted by molar-refractivity contribution is 0.207. The number of rotatable bonds is 3. The Labute approximate surface area is 126 Å². The van der Waals surface area contributed by atoms with Gasteiger partial charge in [-0.3, -0.25) is 0 Å². The average molecular weight is 328 g/mol. The molecule has 2 aromatic carbocycles. The standard InChI is InChI=1S/C17H14BrNO/c18-11-17(20)14-10-16(12-6-2-1-3-7-12)19-15-9-5-4-8-13(14)15/h1-10,17,20H,11H2/t17-/m1/s1. The van der Waals surface area contributed by atoms with E-state index in [1.165, 1.54) is 0 Å². The largest absolute Gasteiger partial charge is 0.388 e. The highest BCUT2D eigenvalue weighted by Crippen LogP contribution is 2.29. The molecular formula is C17H14BrNO. The lowest BCUT2D eigenvalue weighted by Crippen LogP contribution is -2.01. The molecule has 0 saturated heterocycles. The van der Waals surface area contributed by atoms with Crippen molar-refractivity contribution in [1.29, 1.82) is 0 Å². The van der Waals surface area contributed by atoms with Gasteiger partial charge in [0.2, 0.25) is 0 Å². The second-order valence-corrected chi connectivity index (χ2v) is 5.30. The van der Waals surface area contributed by atoms with Gasteiger partial charge in [-0.1, -0.05) is 64.5 Å². The van der Waals surface area contributed by atoms with E-state index in [0.717, 1.165) is 27.7 Å². The van der Waals surface area contributed by atoms with Gasteiger partial charge in [-0.25, -0.2) is 4.98 Å². The van der Waals surface area contributed by atoms with Crippen LogP contribution in [0.1, 0.15) is 11.7 Å². The number of aliphatic hydroxyl groups excluding tert-OH is 1. The third-order valence-electron chi connectivity index (χ3n) is 3.32. The Morgan fingerprint density at radius 1 is 1.00 bits per heavy atom. The van der Waals surface area contributed by atoms with E-state index in [1.807, 2.05) is 60.7 Å². The number of hydrogen-bond donors (Lipinski definition) is 1. The summed E-state index contributed by atoms with van der Waals surface area (Å²) in [6.07, 6.45) is -0.537. The van der Waals surface area contributed by atoms with Gasteiger partial charge in [0.15, 0.2) is 0 Å². The van der Waals surface area contributed by atoms with Crippen molar-refractivity contribution in [2.45, 2.75) is 6.10 Å². The minimum absolute atomic E-state index is 0.509. The molecule has 1 atom stereocenters. The molecule has 0 bridgehead atoms. The van der Waals surface area contributed by atoms with E-state index in [0.29, 0.717) is 5.33 Å². The molecule has 1 N–H and O–H groups in total. The number of alkyl halides is 1. The first-order chi connectivity index (χ1) is 9.79. The first-order valence-electron chi connectivity index (χ1n) is 6.48. The SMILES string of the molecule is O[C@H](CBr)c1cc(-c2ccccc2)nc2ccccc12. The molecule has 1 aromatic heterocycles. The lowest BCUT2D eigenvalue weighted by Gasteiger charge is -2.13. The maximum absolute atomic E-state index is 10.2. The summed E-state index contributed by atoms with van der Waals surface area (Å²) in [7, 11) is 0. The molecule has 0 fully saturated rings. The fraction of sp³-hybridized carbons (Fsp3) is 0.118. The Hall–Kier alpha value is -1.71. The van der Waals surface area contributed by atoms with Crippen LogP contribution >= 0.6 is 15.9 Å². The molecule has 3 heteroatoms. The number of fused-ring (bicyclic) bond motifs is 1. The van der Waals surface area contributed by atoms with Gasteiger partial charge in [0, 0.05) is 16.3 Å². The number of aliphatic hydroxyl groups is 1. The van der Waals surface area contributed by atoms with Crippen LogP contribution in [0.25, 0.3) is 22.2 Å². The van der Waals surface area contributed by atoms with Gasteiger partial charge in [0.25, 0.3) is 0 Å². The number of hydrogen-bond acceptors (Lipinski definition) is 2. The molecule has 100 valence electrons. The third kappa shape index (κ3) is 2.47. The number of para-hydroxylation sites is 1. The highest BCUT2D eigenvalue weighted by Gasteiger charge is 2.13. The predicted molar refractivity (Wildman–Crippen MR) is 85.9 cm³/mol. The van der Waals surface area contributed by atoms with E-state index < -0.39 is 6.10 Å². The number of halogens is 1. The van der Waals surface area contributed by atoms with Crippen LogP contribution < -0.4 is 0 Å². The second-order valence-electron chi connectivity index (χ2n) is 4.65. The summed E-state index contributed by atoms with van der Waals surface area (Å²) in [6.45, 7) is 0. The lowest BCUT2D eigenvalue weighted by atomic mass is 10.0. The Balaban J connectivity index is 2.25. The fourth-order valence-corrected chi connectivity index (χ4v) is 2.67. The monoisotopic (exact) mass is 327 g/mol. The Kier molecular flexibility index (Phi) is 3.81. The van der Waals surface area contributed by atoms with E-state index in [2.05, 4.69) is 15.9 Å². The first kappa shape index (κ1) is 13.3. The zero-order chi connectivity index (χ0) is 13.9. The summed E-state index contributed by atoms with van der Waals surface area (Å²) in [6, 6.07) is 19.9. The van der Waals surface area contributed by atoms with Crippen LogP contribution in [0.3, 0.4) is 0 Å². The summed E-state index contributed by atoms with van der Waals surface area (Å²) in [5.41, 5.74) is 3.76. The van der Waals surface area contributed by atoms with Crippen LogP contribution in [0, 0.1) is 0 Å². The zero-order valence-electron chi connectivity index (χ0n) is 10.8. The minimum Gasteiger partial charge on any atom is -0.388 e. The van der Waals surface area contributed by atoms with E-state index in [9.17, 15) is 5.11 Å². The molecule has 0 unspecified atom stereocenters. The smallest absolute Gasteiger partial charge is 0.0894 e. The molecule has 3 aromatic rings. The van der Waals surface area contributed by atoms with E-state index in [4.69, 9.17) is 4.98 Å². The van der Waals surface area contributed by atoms with Gasteiger partial charge in [-0.2, -0.15) is 0 Å². The fourth-order valence-electron chi connectivity index (χ4n) is 2.32. The van der Waals surface area contributed by atoms with E-state index >= 15 is 0 Å². The van der Waals surface area contributed by atoms with Gasteiger partial charge >= 0.3 is 0 Å². The zero-order valence-corrected chi connectivity index (χ0v) is 12.4. The summed E-state index contributed by atoms with van der Waals surface area (Å²) >= 11 is 3.35. The van der Waals surface area contributed by atoms with Crippen LogP contribution in [0.5, 0.6) is 0 Å². The molecule has 0 radical (unpaired) electrons. The van der Waals surface area contributed by atoms with Gasteiger partial charge in [0.05, 0.1) is 17.3 Å². The van der Waals surface area contributed by atoms with Gasteiger partial charge in [-0.15, -0.1) is 0 Å². The quantitative estimate of drug-likeness (QED) is 0.726. The minimum atomic E-state index is -0.537. The molecule has 0 saturated carbocycles. The topological polar surface area (TPSA) is 33.1 Å². The van der Waals surface area contributed by atoms with E-state index in [1.54, 1.807) is 0 Å². The molecule has 0 aliphatic carbocycles. The van der Waals surface area contributed by atoms with Crippen LogP contribution in [0.4, 0.5) is 0 Å². The summed E-state index contributed by atoms with van der Waals surface area (Å²) < 4.78 is 0. The second kappa shape index (κ2) is 5.73. The van der Waals surface area contributed by atoms with Crippen molar-refractivity contribution in [2.24, 2.45) is 0 Å². The van der Waals surface area contributed by atoms with Crippen LogP contribution in [0.2, 0.25) is 0 Å². The Morgan fingerprint density at radius 2 is 1.70 bits per heavy atom. The summed E-state index contributed by atoms with van der Waals surface area (Å²) in [4.78, 5) is 4.70. The van der Waals surface area contributed by atoms with Crippen molar-refractivity contribution in [1.82, 2.24) is 4.98 Å². The highest BCUT2D eigenvalue weighted by atomic mass is 79.9. The molecule has 0 aliphatic heterocycles. The molecule has 20 heavy (non-hydrogen) atoms. The highest BCUT2D eigenvalue weighted by molar-refractivity contribution is 9.09. The Bertz CT molecular complexity index is 727. The molecule has 0 aliphatic rings. The predicted octanol–water partition coefficient (Wildman–Crippen LogP) is 4.33.